The molecule has 0 atom stereocenters. The SMILES string of the molecule is CC(=O)N(CCC(=O)Nc1ccccc1Br)c1ccc(C)cc1C. The Bertz CT molecular complexity index is 759. The fraction of sp³-hybridized carbons (Fsp3) is 0.263. The molecule has 0 bridgehead atoms. The second-order valence-electron chi connectivity index (χ2n) is 5.74. The maximum Gasteiger partial charge on any atom is 0.226 e. The molecule has 0 aromatic heterocycles. The van der Waals surface area contributed by atoms with Crippen LogP contribution in [-0.4, -0.2) is 18.4 Å². The molecule has 2 aromatic carbocycles. The van der Waals surface area contributed by atoms with E-state index in [4.69, 9.17) is 0 Å². The standard InChI is InChI=1S/C19H21BrN2O2/c1-13-8-9-18(14(2)12-13)22(15(3)23)11-10-19(24)21-17-7-5-4-6-16(17)20/h4-9,12H,10-11H2,1-3H3,(H,21,24). The Morgan fingerprint density at radius 1 is 1.12 bits per heavy atom. The fourth-order valence-corrected chi connectivity index (χ4v) is 2.93. The van der Waals surface area contributed by atoms with Gasteiger partial charge in [-0.15, -0.1) is 0 Å². The number of benzene rings is 2. The van der Waals surface area contributed by atoms with Gasteiger partial charge in [0, 0.05) is 30.0 Å². The van der Waals surface area contributed by atoms with Gasteiger partial charge in [-0.2, -0.15) is 0 Å². The lowest BCUT2D eigenvalue weighted by Gasteiger charge is -2.23. The van der Waals surface area contributed by atoms with Gasteiger partial charge in [0.15, 0.2) is 0 Å². The summed E-state index contributed by atoms with van der Waals surface area (Å²) < 4.78 is 0.830. The predicted molar refractivity (Wildman–Crippen MR) is 101 cm³/mol. The Kier molecular flexibility index (Phi) is 6.15. The first-order valence-corrected chi connectivity index (χ1v) is 8.57. The molecule has 0 radical (unpaired) electrons. The molecule has 0 spiro atoms. The molecular formula is C19H21BrN2O2. The number of hydrogen-bond acceptors (Lipinski definition) is 2. The minimum Gasteiger partial charge on any atom is -0.325 e. The summed E-state index contributed by atoms with van der Waals surface area (Å²) in [6.45, 7) is 5.85. The molecule has 0 saturated carbocycles. The quantitative estimate of drug-likeness (QED) is 0.822. The lowest BCUT2D eigenvalue weighted by Crippen LogP contribution is -2.32. The van der Waals surface area contributed by atoms with Gasteiger partial charge in [-0.3, -0.25) is 9.59 Å². The highest BCUT2D eigenvalue weighted by Crippen LogP contribution is 2.23. The number of hydrogen-bond donors (Lipinski definition) is 1. The summed E-state index contributed by atoms with van der Waals surface area (Å²) in [5.41, 5.74) is 3.74. The number of anilines is 2. The van der Waals surface area contributed by atoms with Crippen LogP contribution in [0.4, 0.5) is 11.4 Å². The Balaban J connectivity index is 2.05. The highest BCUT2D eigenvalue weighted by molar-refractivity contribution is 9.10. The Morgan fingerprint density at radius 3 is 2.46 bits per heavy atom. The number of halogens is 1. The molecule has 0 heterocycles. The average molecular weight is 389 g/mol. The number of nitrogens with one attached hydrogen (secondary N) is 1. The maximum atomic E-state index is 12.2. The van der Waals surface area contributed by atoms with E-state index in [0.717, 1.165) is 27.0 Å². The molecule has 0 fully saturated rings. The first-order valence-electron chi connectivity index (χ1n) is 7.78. The van der Waals surface area contributed by atoms with Crippen LogP contribution in [0.15, 0.2) is 46.9 Å². The third kappa shape index (κ3) is 4.68. The maximum absolute atomic E-state index is 12.2. The van der Waals surface area contributed by atoms with Crippen LogP contribution in [0, 0.1) is 13.8 Å². The van der Waals surface area contributed by atoms with Gasteiger partial charge in [0.1, 0.15) is 0 Å². The highest BCUT2D eigenvalue weighted by atomic mass is 79.9. The first-order chi connectivity index (χ1) is 11.4. The van der Waals surface area contributed by atoms with Crippen molar-refractivity contribution >= 4 is 39.1 Å². The van der Waals surface area contributed by atoms with Crippen LogP contribution >= 0.6 is 15.9 Å². The molecule has 1 N–H and O–H groups in total. The van der Waals surface area contributed by atoms with Crippen molar-refractivity contribution in [3.05, 3.63) is 58.1 Å². The zero-order valence-electron chi connectivity index (χ0n) is 14.1. The van der Waals surface area contributed by atoms with E-state index in [-0.39, 0.29) is 18.2 Å². The lowest BCUT2D eigenvalue weighted by atomic mass is 10.1. The van der Waals surface area contributed by atoms with E-state index in [0.29, 0.717) is 6.54 Å². The Labute approximate surface area is 151 Å². The van der Waals surface area contributed by atoms with E-state index in [2.05, 4.69) is 21.2 Å². The monoisotopic (exact) mass is 388 g/mol. The van der Waals surface area contributed by atoms with E-state index in [1.54, 1.807) is 4.90 Å². The largest absolute Gasteiger partial charge is 0.325 e. The minimum absolute atomic E-state index is 0.0735. The van der Waals surface area contributed by atoms with Crippen LogP contribution in [0.5, 0.6) is 0 Å². The van der Waals surface area contributed by atoms with Crippen molar-refractivity contribution < 1.29 is 9.59 Å². The zero-order chi connectivity index (χ0) is 17.7. The predicted octanol–water partition coefficient (Wildman–Crippen LogP) is 4.45. The number of carbonyl (C=O) groups is 2. The van der Waals surface area contributed by atoms with Crippen molar-refractivity contribution in [2.75, 3.05) is 16.8 Å². The van der Waals surface area contributed by atoms with Gasteiger partial charge in [0.05, 0.1) is 5.69 Å². The van der Waals surface area contributed by atoms with E-state index in [1.807, 2.05) is 56.3 Å². The number of amides is 2. The molecule has 126 valence electrons. The van der Waals surface area contributed by atoms with Crippen LogP contribution in [-0.2, 0) is 9.59 Å². The Hall–Kier alpha value is -2.14. The highest BCUT2D eigenvalue weighted by Gasteiger charge is 2.15. The molecule has 0 aliphatic carbocycles. The number of para-hydroxylation sites is 1. The molecule has 2 aromatic rings. The third-order valence-electron chi connectivity index (χ3n) is 3.73. The second kappa shape index (κ2) is 8.11. The van der Waals surface area contributed by atoms with Gasteiger partial charge in [-0.1, -0.05) is 29.8 Å². The second-order valence-corrected chi connectivity index (χ2v) is 6.59. The van der Waals surface area contributed by atoms with Crippen molar-refractivity contribution in [3.8, 4) is 0 Å². The van der Waals surface area contributed by atoms with Crippen molar-refractivity contribution in [2.45, 2.75) is 27.2 Å². The fourth-order valence-electron chi connectivity index (χ4n) is 2.54. The molecule has 0 saturated heterocycles. The summed E-state index contributed by atoms with van der Waals surface area (Å²) in [5.74, 6) is -0.200. The zero-order valence-corrected chi connectivity index (χ0v) is 15.7. The third-order valence-corrected chi connectivity index (χ3v) is 4.43. The van der Waals surface area contributed by atoms with Crippen molar-refractivity contribution in [2.24, 2.45) is 0 Å². The number of carbonyl (C=O) groups excluding carboxylic acids is 2. The summed E-state index contributed by atoms with van der Waals surface area (Å²) in [6.07, 6.45) is 0.230. The van der Waals surface area contributed by atoms with E-state index >= 15 is 0 Å². The molecule has 2 amide bonds. The first kappa shape index (κ1) is 18.2. The average Bonchev–Trinajstić information content (AvgIpc) is 2.51. The van der Waals surface area contributed by atoms with Gasteiger partial charge in [0.25, 0.3) is 0 Å². The van der Waals surface area contributed by atoms with Crippen LogP contribution in [0.3, 0.4) is 0 Å². The van der Waals surface area contributed by atoms with Crippen LogP contribution in [0.25, 0.3) is 0 Å². The van der Waals surface area contributed by atoms with Crippen LogP contribution in [0.2, 0.25) is 0 Å². The minimum atomic E-state index is -0.127. The van der Waals surface area contributed by atoms with Gasteiger partial charge >= 0.3 is 0 Å². The Morgan fingerprint density at radius 2 is 1.83 bits per heavy atom. The summed E-state index contributed by atoms with van der Waals surface area (Å²) in [6, 6.07) is 13.4. The summed E-state index contributed by atoms with van der Waals surface area (Å²) in [7, 11) is 0. The van der Waals surface area contributed by atoms with Gasteiger partial charge < -0.3 is 10.2 Å². The van der Waals surface area contributed by atoms with Crippen LogP contribution in [0.1, 0.15) is 24.5 Å². The van der Waals surface area contributed by atoms with E-state index < -0.39 is 0 Å². The smallest absolute Gasteiger partial charge is 0.226 e. The van der Waals surface area contributed by atoms with Crippen molar-refractivity contribution in [1.29, 1.82) is 0 Å². The summed E-state index contributed by atoms with van der Waals surface area (Å²) >= 11 is 3.40. The van der Waals surface area contributed by atoms with E-state index in [9.17, 15) is 9.59 Å². The summed E-state index contributed by atoms with van der Waals surface area (Å²) in [5, 5.41) is 2.86. The molecule has 5 heteroatoms. The van der Waals surface area contributed by atoms with Gasteiger partial charge in [-0.25, -0.2) is 0 Å². The van der Waals surface area contributed by atoms with Crippen molar-refractivity contribution in [3.63, 3.8) is 0 Å². The number of rotatable bonds is 5. The molecule has 0 unspecified atom stereocenters. The molecule has 0 aliphatic rings. The lowest BCUT2D eigenvalue weighted by molar-refractivity contribution is -0.117. The topological polar surface area (TPSA) is 49.4 Å². The molecular weight excluding hydrogens is 368 g/mol. The number of aryl methyl sites for hydroxylation is 2. The molecule has 4 nitrogen and oxygen atoms in total. The molecule has 0 aliphatic heterocycles. The summed E-state index contributed by atoms with van der Waals surface area (Å²) in [4.78, 5) is 25.8. The number of nitrogens with zero attached hydrogens (tertiary/aromatic N) is 1. The molecule has 24 heavy (non-hydrogen) atoms. The van der Waals surface area contributed by atoms with Crippen molar-refractivity contribution in [1.82, 2.24) is 0 Å². The molecule has 2 rings (SSSR count). The normalized spacial score (nSPS) is 10.3. The van der Waals surface area contributed by atoms with Crippen LogP contribution < -0.4 is 10.2 Å². The van der Waals surface area contributed by atoms with E-state index in [1.165, 1.54) is 6.92 Å². The van der Waals surface area contributed by atoms with Gasteiger partial charge in [0.2, 0.25) is 11.8 Å². The van der Waals surface area contributed by atoms with Gasteiger partial charge in [-0.05, 0) is 53.5 Å².